The van der Waals surface area contributed by atoms with Gasteiger partial charge in [0.25, 0.3) is 5.91 Å². The van der Waals surface area contributed by atoms with Crippen LogP contribution in [0.15, 0.2) is 57.7 Å². The SMILES string of the molecule is CCCN(Cc1ccsc1)C(=O)c1cc(-c2ccccc2)on1. The molecule has 23 heavy (non-hydrogen) atoms. The van der Waals surface area contributed by atoms with E-state index in [4.69, 9.17) is 4.52 Å². The van der Waals surface area contributed by atoms with Crippen LogP contribution in [0.5, 0.6) is 0 Å². The van der Waals surface area contributed by atoms with Crippen molar-refractivity contribution in [3.63, 3.8) is 0 Å². The van der Waals surface area contributed by atoms with Crippen LogP contribution in [0.2, 0.25) is 0 Å². The summed E-state index contributed by atoms with van der Waals surface area (Å²) in [7, 11) is 0. The van der Waals surface area contributed by atoms with E-state index in [1.165, 1.54) is 0 Å². The summed E-state index contributed by atoms with van der Waals surface area (Å²) in [6, 6.07) is 13.4. The third kappa shape index (κ3) is 3.68. The van der Waals surface area contributed by atoms with E-state index in [1.54, 1.807) is 17.4 Å². The van der Waals surface area contributed by atoms with E-state index in [9.17, 15) is 4.79 Å². The van der Waals surface area contributed by atoms with Gasteiger partial charge in [0.15, 0.2) is 11.5 Å². The molecule has 3 aromatic rings. The molecule has 0 saturated heterocycles. The molecule has 4 nitrogen and oxygen atoms in total. The van der Waals surface area contributed by atoms with E-state index in [2.05, 4.69) is 17.5 Å². The molecule has 0 aliphatic carbocycles. The first-order valence-electron chi connectivity index (χ1n) is 7.60. The van der Waals surface area contributed by atoms with Gasteiger partial charge in [-0.1, -0.05) is 42.4 Å². The van der Waals surface area contributed by atoms with Gasteiger partial charge in [0, 0.05) is 24.7 Å². The van der Waals surface area contributed by atoms with E-state index >= 15 is 0 Å². The normalized spacial score (nSPS) is 10.7. The fourth-order valence-electron chi connectivity index (χ4n) is 2.40. The number of benzene rings is 1. The third-order valence-corrected chi connectivity index (χ3v) is 4.25. The lowest BCUT2D eigenvalue weighted by atomic mass is 10.1. The van der Waals surface area contributed by atoms with Crippen molar-refractivity contribution in [2.24, 2.45) is 0 Å². The van der Waals surface area contributed by atoms with Gasteiger partial charge in [-0.25, -0.2) is 0 Å². The lowest BCUT2D eigenvalue weighted by Crippen LogP contribution is -2.31. The van der Waals surface area contributed by atoms with E-state index in [1.807, 2.05) is 46.7 Å². The van der Waals surface area contributed by atoms with Gasteiger partial charge in [-0.2, -0.15) is 11.3 Å². The van der Waals surface area contributed by atoms with Gasteiger partial charge in [-0.05, 0) is 28.8 Å². The van der Waals surface area contributed by atoms with E-state index in [0.717, 1.165) is 17.5 Å². The van der Waals surface area contributed by atoms with Crippen molar-refractivity contribution < 1.29 is 9.32 Å². The predicted molar refractivity (Wildman–Crippen MR) is 91.3 cm³/mol. The first-order chi connectivity index (χ1) is 11.3. The third-order valence-electron chi connectivity index (χ3n) is 3.52. The maximum Gasteiger partial charge on any atom is 0.276 e. The van der Waals surface area contributed by atoms with Crippen LogP contribution in [0.3, 0.4) is 0 Å². The van der Waals surface area contributed by atoms with Crippen LogP contribution >= 0.6 is 11.3 Å². The molecule has 3 rings (SSSR count). The molecule has 0 radical (unpaired) electrons. The Balaban J connectivity index is 1.79. The van der Waals surface area contributed by atoms with E-state index in [-0.39, 0.29) is 5.91 Å². The summed E-state index contributed by atoms with van der Waals surface area (Å²) >= 11 is 1.64. The summed E-state index contributed by atoms with van der Waals surface area (Å²) < 4.78 is 5.34. The van der Waals surface area contributed by atoms with Gasteiger partial charge in [0.05, 0.1) is 0 Å². The smallest absolute Gasteiger partial charge is 0.276 e. The molecule has 0 bridgehead atoms. The summed E-state index contributed by atoms with van der Waals surface area (Å²) in [5.74, 6) is 0.518. The zero-order valence-electron chi connectivity index (χ0n) is 12.9. The van der Waals surface area contributed by atoms with Gasteiger partial charge < -0.3 is 9.42 Å². The van der Waals surface area contributed by atoms with E-state index in [0.29, 0.717) is 24.5 Å². The largest absolute Gasteiger partial charge is 0.355 e. The lowest BCUT2D eigenvalue weighted by Gasteiger charge is -2.20. The van der Waals surface area contributed by atoms with Crippen molar-refractivity contribution in [3.05, 3.63) is 64.5 Å². The molecule has 1 aromatic carbocycles. The Morgan fingerprint density at radius 2 is 2.09 bits per heavy atom. The highest BCUT2D eigenvalue weighted by molar-refractivity contribution is 7.07. The molecule has 1 amide bonds. The quantitative estimate of drug-likeness (QED) is 0.672. The Kier molecular flexibility index (Phi) is 4.88. The summed E-state index contributed by atoms with van der Waals surface area (Å²) in [5.41, 5.74) is 2.41. The van der Waals surface area contributed by atoms with Crippen LogP contribution in [0.25, 0.3) is 11.3 Å². The van der Waals surface area contributed by atoms with Crippen molar-refractivity contribution in [1.82, 2.24) is 10.1 Å². The molecular formula is C18H18N2O2S. The van der Waals surface area contributed by atoms with Gasteiger partial charge in [0.1, 0.15) is 0 Å². The Hall–Kier alpha value is -2.40. The highest BCUT2D eigenvalue weighted by Gasteiger charge is 2.20. The van der Waals surface area contributed by atoms with Crippen molar-refractivity contribution in [2.45, 2.75) is 19.9 Å². The molecule has 0 atom stereocenters. The van der Waals surface area contributed by atoms with Crippen LogP contribution < -0.4 is 0 Å². The van der Waals surface area contributed by atoms with Gasteiger partial charge >= 0.3 is 0 Å². The van der Waals surface area contributed by atoms with Crippen molar-refractivity contribution >= 4 is 17.2 Å². The molecular weight excluding hydrogens is 308 g/mol. The number of aromatic nitrogens is 1. The molecule has 2 aromatic heterocycles. The van der Waals surface area contributed by atoms with Crippen molar-refractivity contribution in [2.75, 3.05) is 6.54 Å². The Morgan fingerprint density at radius 1 is 1.26 bits per heavy atom. The minimum atomic E-state index is -0.0935. The second-order valence-electron chi connectivity index (χ2n) is 5.30. The average Bonchev–Trinajstić information content (AvgIpc) is 3.26. The van der Waals surface area contributed by atoms with E-state index < -0.39 is 0 Å². The summed E-state index contributed by atoms with van der Waals surface area (Å²) in [5, 5.41) is 8.05. The van der Waals surface area contributed by atoms with Crippen LogP contribution in [0.1, 0.15) is 29.4 Å². The zero-order chi connectivity index (χ0) is 16.1. The average molecular weight is 326 g/mol. The summed E-state index contributed by atoms with van der Waals surface area (Å²) in [4.78, 5) is 14.5. The molecule has 0 N–H and O–H groups in total. The predicted octanol–water partition coefficient (Wildman–Crippen LogP) is 4.46. The number of nitrogens with zero attached hydrogens (tertiary/aromatic N) is 2. The van der Waals surface area contributed by atoms with Crippen LogP contribution in [-0.2, 0) is 6.54 Å². The molecule has 5 heteroatoms. The van der Waals surface area contributed by atoms with Crippen LogP contribution in [-0.4, -0.2) is 22.5 Å². The number of carbonyl (C=O) groups is 1. The second-order valence-corrected chi connectivity index (χ2v) is 6.08. The number of amides is 1. The molecule has 0 fully saturated rings. The van der Waals surface area contributed by atoms with Gasteiger partial charge in [0.2, 0.25) is 0 Å². The van der Waals surface area contributed by atoms with Crippen molar-refractivity contribution in [1.29, 1.82) is 0 Å². The monoisotopic (exact) mass is 326 g/mol. The fraction of sp³-hybridized carbons (Fsp3) is 0.222. The molecule has 118 valence electrons. The first-order valence-corrected chi connectivity index (χ1v) is 8.54. The summed E-state index contributed by atoms with van der Waals surface area (Å²) in [6.07, 6.45) is 0.902. The topological polar surface area (TPSA) is 46.3 Å². The van der Waals surface area contributed by atoms with Crippen LogP contribution in [0, 0.1) is 0 Å². The maximum atomic E-state index is 12.7. The molecule has 0 unspecified atom stereocenters. The molecule has 0 aliphatic rings. The standard InChI is InChI=1S/C18H18N2O2S/c1-2-9-20(12-14-8-10-23-13-14)18(21)16-11-17(22-19-16)15-6-4-3-5-7-15/h3-8,10-11,13H,2,9,12H2,1H3. The zero-order valence-corrected chi connectivity index (χ0v) is 13.8. The molecule has 0 spiro atoms. The van der Waals surface area contributed by atoms with Crippen LogP contribution in [0.4, 0.5) is 0 Å². The highest BCUT2D eigenvalue weighted by Crippen LogP contribution is 2.21. The summed E-state index contributed by atoms with van der Waals surface area (Å²) in [6.45, 7) is 3.36. The maximum absolute atomic E-state index is 12.7. The Labute approximate surface area is 139 Å². The fourth-order valence-corrected chi connectivity index (χ4v) is 3.06. The Bertz CT molecular complexity index is 750. The second kappa shape index (κ2) is 7.24. The first kappa shape index (κ1) is 15.5. The lowest BCUT2D eigenvalue weighted by molar-refractivity contribution is 0.0733. The molecule has 2 heterocycles. The highest BCUT2D eigenvalue weighted by atomic mass is 32.1. The number of carbonyl (C=O) groups excluding carboxylic acids is 1. The minimum absolute atomic E-state index is 0.0935. The number of hydrogen-bond acceptors (Lipinski definition) is 4. The van der Waals surface area contributed by atoms with Crippen molar-refractivity contribution in [3.8, 4) is 11.3 Å². The molecule has 0 aliphatic heterocycles. The number of hydrogen-bond donors (Lipinski definition) is 0. The van der Waals surface area contributed by atoms with Gasteiger partial charge in [-0.15, -0.1) is 0 Å². The Morgan fingerprint density at radius 3 is 2.78 bits per heavy atom. The van der Waals surface area contributed by atoms with Gasteiger partial charge in [-0.3, -0.25) is 4.79 Å². The minimum Gasteiger partial charge on any atom is -0.355 e. The number of rotatable bonds is 6. The number of thiophene rings is 1. The molecule has 0 saturated carbocycles.